The second-order valence-corrected chi connectivity index (χ2v) is 8.93. The third-order valence-electron chi connectivity index (χ3n) is 3.78. The fourth-order valence-corrected chi connectivity index (χ4v) is 4.58. The Morgan fingerprint density at radius 3 is 2.52 bits per heavy atom. The van der Waals surface area contributed by atoms with Gasteiger partial charge in [-0.3, -0.25) is 0 Å². The molecule has 0 saturated carbocycles. The van der Waals surface area contributed by atoms with Gasteiger partial charge in [-0.05, 0) is 12.1 Å². The molecule has 3 rings (SSSR count). The number of rotatable bonds is 2. The van der Waals surface area contributed by atoms with Crippen LogP contribution in [0.2, 0.25) is 5.02 Å². The fraction of sp³-hybridized carbons (Fsp3) is 0.533. The van der Waals surface area contributed by atoms with E-state index in [0.29, 0.717) is 37.6 Å². The molecule has 1 fully saturated rings. The van der Waals surface area contributed by atoms with Crippen molar-refractivity contribution in [1.82, 2.24) is 14.6 Å². The largest absolute Gasteiger partial charge is 0.439 e. The summed E-state index contributed by atoms with van der Waals surface area (Å²) in [6, 6.07) is 3.25. The highest BCUT2D eigenvalue weighted by Gasteiger charge is 2.33. The summed E-state index contributed by atoms with van der Waals surface area (Å²) < 4.78 is 33.3. The van der Waals surface area contributed by atoms with Crippen molar-refractivity contribution in [3.63, 3.8) is 0 Å². The zero-order chi connectivity index (χ0) is 16.8. The highest BCUT2D eigenvalue weighted by atomic mass is 35.5. The van der Waals surface area contributed by atoms with E-state index in [1.165, 1.54) is 4.31 Å². The number of sulfonamides is 1. The van der Waals surface area contributed by atoms with Gasteiger partial charge in [0.1, 0.15) is 10.4 Å². The van der Waals surface area contributed by atoms with Crippen LogP contribution in [0.5, 0.6) is 0 Å². The van der Waals surface area contributed by atoms with E-state index in [1.54, 1.807) is 12.1 Å². The topological polar surface area (TPSA) is 75.4 Å². The van der Waals surface area contributed by atoms with E-state index >= 15 is 0 Å². The molecule has 1 aliphatic rings. The standard InChI is InChI=1S/C15H20ClN3O3S/c1-15(2,3)14-18-11-5-4-10(16)13(12(11)22-14)23(20,21)19-8-6-17-7-9-19/h4-5,17H,6-9H2,1-3H3. The lowest BCUT2D eigenvalue weighted by atomic mass is 9.97. The number of oxazole rings is 1. The molecule has 0 bridgehead atoms. The quantitative estimate of drug-likeness (QED) is 0.893. The third-order valence-corrected chi connectivity index (χ3v) is 6.17. The van der Waals surface area contributed by atoms with Gasteiger partial charge in [0.2, 0.25) is 15.9 Å². The van der Waals surface area contributed by atoms with Crippen molar-refractivity contribution in [3.05, 3.63) is 23.0 Å². The van der Waals surface area contributed by atoms with E-state index < -0.39 is 10.0 Å². The maximum atomic E-state index is 13.0. The summed E-state index contributed by atoms with van der Waals surface area (Å²) in [7, 11) is -3.72. The SMILES string of the molecule is CC(C)(C)c1nc2ccc(Cl)c(S(=O)(=O)N3CCNCC3)c2o1. The number of aromatic nitrogens is 1. The monoisotopic (exact) mass is 357 g/mol. The van der Waals surface area contributed by atoms with Crippen molar-refractivity contribution >= 4 is 32.7 Å². The minimum Gasteiger partial charge on any atom is -0.439 e. The molecule has 8 heteroatoms. The first kappa shape index (κ1) is 16.7. The smallest absolute Gasteiger partial charge is 0.248 e. The zero-order valence-corrected chi connectivity index (χ0v) is 15.0. The summed E-state index contributed by atoms with van der Waals surface area (Å²) in [4.78, 5) is 4.44. The van der Waals surface area contributed by atoms with Gasteiger partial charge in [0, 0.05) is 31.6 Å². The van der Waals surface area contributed by atoms with E-state index in [0.717, 1.165) is 0 Å². The molecule has 126 valence electrons. The first-order valence-corrected chi connectivity index (χ1v) is 9.33. The Morgan fingerprint density at radius 2 is 1.91 bits per heavy atom. The molecule has 1 aliphatic heterocycles. The summed E-state index contributed by atoms with van der Waals surface area (Å²) in [5.41, 5.74) is 0.427. The molecule has 0 unspecified atom stereocenters. The zero-order valence-electron chi connectivity index (χ0n) is 13.4. The van der Waals surface area contributed by atoms with Gasteiger partial charge in [0.25, 0.3) is 0 Å². The molecule has 0 radical (unpaired) electrons. The lowest BCUT2D eigenvalue weighted by Crippen LogP contribution is -2.46. The molecule has 2 heterocycles. The van der Waals surface area contributed by atoms with E-state index in [9.17, 15) is 8.42 Å². The van der Waals surface area contributed by atoms with Crippen LogP contribution in [0.4, 0.5) is 0 Å². The van der Waals surface area contributed by atoms with Gasteiger partial charge in [-0.15, -0.1) is 0 Å². The predicted molar refractivity (Wildman–Crippen MR) is 89.3 cm³/mol. The van der Waals surface area contributed by atoms with Crippen LogP contribution in [0.1, 0.15) is 26.7 Å². The van der Waals surface area contributed by atoms with E-state index in [1.807, 2.05) is 20.8 Å². The molecule has 1 N–H and O–H groups in total. The maximum absolute atomic E-state index is 13.0. The molecule has 1 aromatic heterocycles. The molecular weight excluding hydrogens is 338 g/mol. The minimum atomic E-state index is -3.72. The number of nitrogens with one attached hydrogen (secondary N) is 1. The second-order valence-electron chi connectivity index (χ2n) is 6.65. The van der Waals surface area contributed by atoms with Gasteiger partial charge < -0.3 is 9.73 Å². The van der Waals surface area contributed by atoms with Gasteiger partial charge in [-0.1, -0.05) is 32.4 Å². The van der Waals surface area contributed by atoms with Gasteiger partial charge in [-0.25, -0.2) is 13.4 Å². The van der Waals surface area contributed by atoms with Crippen LogP contribution in [-0.2, 0) is 15.4 Å². The maximum Gasteiger partial charge on any atom is 0.248 e. The Balaban J connectivity index is 2.19. The molecular formula is C15H20ClN3O3S. The van der Waals surface area contributed by atoms with Crippen LogP contribution in [0.15, 0.2) is 21.4 Å². The van der Waals surface area contributed by atoms with Crippen LogP contribution in [0, 0.1) is 0 Å². The molecule has 23 heavy (non-hydrogen) atoms. The summed E-state index contributed by atoms with van der Waals surface area (Å²) in [6.07, 6.45) is 0. The number of nitrogens with zero attached hydrogens (tertiary/aromatic N) is 2. The first-order valence-electron chi connectivity index (χ1n) is 7.51. The highest BCUT2D eigenvalue weighted by molar-refractivity contribution is 7.89. The number of piperazine rings is 1. The van der Waals surface area contributed by atoms with Gasteiger partial charge >= 0.3 is 0 Å². The molecule has 0 spiro atoms. The molecule has 0 atom stereocenters. The Bertz CT molecular complexity index is 834. The molecule has 0 amide bonds. The molecule has 1 aromatic carbocycles. The average molecular weight is 358 g/mol. The van der Waals surface area contributed by atoms with Crippen molar-refractivity contribution in [2.45, 2.75) is 31.1 Å². The first-order chi connectivity index (χ1) is 10.7. The number of hydrogen-bond acceptors (Lipinski definition) is 5. The molecule has 0 aliphatic carbocycles. The van der Waals surface area contributed by atoms with Gasteiger partial charge in [0.05, 0.1) is 5.02 Å². The second kappa shape index (κ2) is 5.73. The van der Waals surface area contributed by atoms with Crippen molar-refractivity contribution < 1.29 is 12.8 Å². The Morgan fingerprint density at radius 1 is 1.26 bits per heavy atom. The molecule has 1 saturated heterocycles. The van der Waals surface area contributed by atoms with Crippen LogP contribution >= 0.6 is 11.6 Å². The lowest BCUT2D eigenvalue weighted by Gasteiger charge is -2.26. The van der Waals surface area contributed by atoms with E-state index in [-0.39, 0.29) is 20.9 Å². The van der Waals surface area contributed by atoms with Crippen LogP contribution in [-0.4, -0.2) is 43.9 Å². The summed E-state index contributed by atoms with van der Waals surface area (Å²) in [6.45, 7) is 7.95. The molecule has 6 nitrogen and oxygen atoms in total. The van der Waals surface area contributed by atoms with Crippen LogP contribution in [0.25, 0.3) is 11.1 Å². The molecule has 2 aromatic rings. The van der Waals surface area contributed by atoms with Crippen molar-refractivity contribution in [1.29, 1.82) is 0 Å². The Labute approximate surface area is 140 Å². The van der Waals surface area contributed by atoms with Crippen LogP contribution < -0.4 is 5.32 Å². The van der Waals surface area contributed by atoms with Crippen molar-refractivity contribution in [2.75, 3.05) is 26.2 Å². The van der Waals surface area contributed by atoms with Crippen molar-refractivity contribution in [3.8, 4) is 0 Å². The van der Waals surface area contributed by atoms with Gasteiger partial charge in [-0.2, -0.15) is 4.31 Å². The van der Waals surface area contributed by atoms with E-state index in [4.69, 9.17) is 16.0 Å². The summed E-state index contributed by atoms with van der Waals surface area (Å²) in [5.74, 6) is 0.492. The Kier molecular flexibility index (Phi) is 4.16. The normalized spacial score (nSPS) is 17.7. The third kappa shape index (κ3) is 2.98. The minimum absolute atomic E-state index is 0.0153. The van der Waals surface area contributed by atoms with Crippen LogP contribution in [0.3, 0.4) is 0 Å². The number of benzene rings is 1. The Hall–Kier alpha value is -1.15. The number of hydrogen-bond donors (Lipinski definition) is 1. The average Bonchev–Trinajstić information content (AvgIpc) is 2.91. The predicted octanol–water partition coefficient (Wildman–Crippen LogP) is 2.37. The van der Waals surface area contributed by atoms with E-state index in [2.05, 4.69) is 10.3 Å². The van der Waals surface area contributed by atoms with Crippen molar-refractivity contribution in [2.24, 2.45) is 0 Å². The summed E-state index contributed by atoms with van der Waals surface area (Å²) in [5, 5.41) is 3.30. The van der Waals surface area contributed by atoms with Gasteiger partial charge in [0.15, 0.2) is 5.58 Å². The lowest BCUT2D eigenvalue weighted by molar-refractivity contribution is 0.359. The fourth-order valence-electron chi connectivity index (χ4n) is 2.52. The number of fused-ring (bicyclic) bond motifs is 1. The number of halogens is 1. The summed E-state index contributed by atoms with van der Waals surface area (Å²) >= 11 is 6.22. The highest BCUT2D eigenvalue weighted by Crippen LogP contribution is 2.35.